The van der Waals surface area contributed by atoms with Crippen LogP contribution in [0.5, 0.6) is 0 Å². The molecule has 2 aliphatic carbocycles. The standard InChI is InChI=1S/C17H27N3O2.ClH/c1-17(2,3)14-9-13(20-22-14)16(21)19-15-10-5-4-6-11(15)8-12(18)7-10;/h9-12,15H,4-8,18H2,1-3H3,(H,19,21);1H. The van der Waals surface area contributed by atoms with Crippen molar-refractivity contribution in [1.82, 2.24) is 10.5 Å². The van der Waals surface area contributed by atoms with Crippen molar-refractivity contribution < 1.29 is 9.32 Å². The molecule has 6 heteroatoms. The van der Waals surface area contributed by atoms with Gasteiger partial charge >= 0.3 is 0 Å². The second-order valence-electron chi connectivity index (χ2n) is 8.01. The van der Waals surface area contributed by atoms with Gasteiger partial charge < -0.3 is 15.6 Å². The highest BCUT2D eigenvalue weighted by Crippen LogP contribution is 2.39. The number of hydrogen-bond donors (Lipinski definition) is 2. The van der Waals surface area contributed by atoms with Gasteiger partial charge in [-0.1, -0.05) is 32.3 Å². The molecule has 130 valence electrons. The van der Waals surface area contributed by atoms with E-state index in [9.17, 15) is 4.79 Å². The van der Waals surface area contributed by atoms with Crippen LogP contribution in [0.3, 0.4) is 0 Å². The van der Waals surface area contributed by atoms with Crippen molar-refractivity contribution in [2.24, 2.45) is 17.6 Å². The summed E-state index contributed by atoms with van der Waals surface area (Å²) in [5.74, 6) is 1.65. The van der Waals surface area contributed by atoms with Crippen LogP contribution in [-0.2, 0) is 5.41 Å². The van der Waals surface area contributed by atoms with Crippen molar-refractivity contribution in [3.63, 3.8) is 0 Å². The normalized spacial score (nSPS) is 30.4. The highest BCUT2D eigenvalue weighted by atomic mass is 35.5. The van der Waals surface area contributed by atoms with Crippen LogP contribution in [0.25, 0.3) is 0 Å². The SMILES string of the molecule is CC(C)(C)c1cc(C(=O)NC2C3CCCC2CC(N)C3)no1.Cl. The minimum absolute atomic E-state index is 0. The van der Waals surface area contributed by atoms with Crippen LogP contribution in [0.4, 0.5) is 0 Å². The first-order valence-corrected chi connectivity index (χ1v) is 8.38. The Morgan fingerprint density at radius 3 is 2.43 bits per heavy atom. The van der Waals surface area contributed by atoms with E-state index >= 15 is 0 Å². The minimum Gasteiger partial charge on any atom is -0.360 e. The smallest absolute Gasteiger partial charge is 0.273 e. The van der Waals surface area contributed by atoms with Gasteiger partial charge in [0.05, 0.1) is 0 Å². The summed E-state index contributed by atoms with van der Waals surface area (Å²) >= 11 is 0. The first-order valence-electron chi connectivity index (χ1n) is 8.38. The Kier molecular flexibility index (Phi) is 5.41. The van der Waals surface area contributed by atoms with E-state index in [4.69, 9.17) is 10.3 Å². The van der Waals surface area contributed by atoms with Crippen LogP contribution in [0, 0.1) is 11.8 Å². The van der Waals surface area contributed by atoms with Crippen molar-refractivity contribution in [1.29, 1.82) is 0 Å². The summed E-state index contributed by atoms with van der Waals surface area (Å²) in [6.45, 7) is 6.13. The fraction of sp³-hybridized carbons (Fsp3) is 0.765. The van der Waals surface area contributed by atoms with E-state index in [2.05, 4.69) is 10.5 Å². The van der Waals surface area contributed by atoms with Gasteiger partial charge in [-0.05, 0) is 37.5 Å². The summed E-state index contributed by atoms with van der Waals surface area (Å²) in [7, 11) is 0. The van der Waals surface area contributed by atoms with Crippen molar-refractivity contribution in [2.45, 2.75) is 70.4 Å². The van der Waals surface area contributed by atoms with E-state index in [1.807, 2.05) is 20.8 Å². The summed E-state index contributed by atoms with van der Waals surface area (Å²) in [5, 5.41) is 7.15. The number of nitrogens with two attached hydrogens (primary N) is 1. The zero-order chi connectivity index (χ0) is 15.9. The Morgan fingerprint density at radius 2 is 1.91 bits per heavy atom. The molecule has 2 atom stereocenters. The average molecular weight is 342 g/mol. The molecule has 2 aliphatic rings. The van der Waals surface area contributed by atoms with E-state index in [0.717, 1.165) is 18.6 Å². The van der Waals surface area contributed by atoms with Gasteiger partial charge in [0.2, 0.25) is 0 Å². The summed E-state index contributed by atoms with van der Waals surface area (Å²) < 4.78 is 5.32. The lowest BCUT2D eigenvalue weighted by atomic mass is 9.67. The third-order valence-corrected chi connectivity index (χ3v) is 5.16. The molecule has 2 bridgehead atoms. The van der Waals surface area contributed by atoms with Crippen LogP contribution in [0.1, 0.15) is 69.1 Å². The molecule has 23 heavy (non-hydrogen) atoms. The van der Waals surface area contributed by atoms with Gasteiger partial charge in [0.1, 0.15) is 5.76 Å². The molecule has 3 N–H and O–H groups in total. The third kappa shape index (κ3) is 3.89. The van der Waals surface area contributed by atoms with Crippen molar-refractivity contribution in [3.8, 4) is 0 Å². The van der Waals surface area contributed by atoms with Gasteiger partial charge in [-0.15, -0.1) is 12.4 Å². The molecule has 5 nitrogen and oxygen atoms in total. The predicted octanol–water partition coefficient (Wildman–Crippen LogP) is 3.03. The Hall–Kier alpha value is -1.07. The van der Waals surface area contributed by atoms with E-state index in [1.54, 1.807) is 6.07 Å². The van der Waals surface area contributed by atoms with Crippen LogP contribution < -0.4 is 11.1 Å². The first kappa shape index (κ1) is 18.3. The van der Waals surface area contributed by atoms with Gasteiger partial charge in [0.25, 0.3) is 5.91 Å². The molecule has 0 saturated heterocycles. The number of aromatic nitrogens is 1. The molecule has 1 aromatic heterocycles. The maximum atomic E-state index is 12.5. The molecule has 1 heterocycles. The molecule has 0 aliphatic heterocycles. The number of fused-ring (bicyclic) bond motifs is 2. The number of hydrogen-bond acceptors (Lipinski definition) is 4. The average Bonchev–Trinajstić information content (AvgIpc) is 2.89. The molecule has 2 saturated carbocycles. The lowest BCUT2D eigenvalue weighted by molar-refractivity contribution is 0.0748. The lowest BCUT2D eigenvalue weighted by Crippen LogP contribution is -2.53. The van der Waals surface area contributed by atoms with Crippen LogP contribution >= 0.6 is 12.4 Å². The van der Waals surface area contributed by atoms with Gasteiger partial charge in [-0.3, -0.25) is 4.79 Å². The highest BCUT2D eigenvalue weighted by Gasteiger charge is 2.40. The van der Waals surface area contributed by atoms with Gasteiger partial charge in [-0.2, -0.15) is 0 Å². The van der Waals surface area contributed by atoms with Crippen molar-refractivity contribution in [2.75, 3.05) is 0 Å². The van der Waals surface area contributed by atoms with E-state index in [1.165, 1.54) is 19.3 Å². The Labute approximate surface area is 144 Å². The Bertz CT molecular complexity index is 538. The molecule has 2 unspecified atom stereocenters. The van der Waals surface area contributed by atoms with E-state index < -0.39 is 0 Å². The maximum Gasteiger partial charge on any atom is 0.273 e. The van der Waals surface area contributed by atoms with Crippen molar-refractivity contribution >= 4 is 18.3 Å². The molecule has 3 rings (SSSR count). The molecular weight excluding hydrogens is 314 g/mol. The monoisotopic (exact) mass is 341 g/mol. The summed E-state index contributed by atoms with van der Waals surface area (Å²) in [5.41, 5.74) is 6.39. The lowest BCUT2D eigenvalue weighted by Gasteiger charge is -2.45. The quantitative estimate of drug-likeness (QED) is 0.866. The van der Waals surface area contributed by atoms with Crippen LogP contribution in [-0.4, -0.2) is 23.1 Å². The number of halogens is 1. The second kappa shape index (κ2) is 6.81. The third-order valence-electron chi connectivity index (χ3n) is 5.16. The van der Waals surface area contributed by atoms with Crippen LogP contribution in [0.15, 0.2) is 10.6 Å². The Morgan fingerprint density at radius 1 is 1.30 bits per heavy atom. The molecule has 0 aromatic carbocycles. The number of nitrogens with one attached hydrogen (secondary N) is 1. The predicted molar refractivity (Wildman–Crippen MR) is 91.7 cm³/mol. The van der Waals surface area contributed by atoms with Crippen molar-refractivity contribution in [3.05, 3.63) is 17.5 Å². The second-order valence-corrected chi connectivity index (χ2v) is 8.01. The first-order chi connectivity index (χ1) is 10.3. The zero-order valence-electron chi connectivity index (χ0n) is 14.2. The highest BCUT2D eigenvalue weighted by molar-refractivity contribution is 5.92. The summed E-state index contributed by atoms with van der Waals surface area (Å²) in [4.78, 5) is 12.5. The number of nitrogens with zero attached hydrogens (tertiary/aromatic N) is 1. The topological polar surface area (TPSA) is 81.2 Å². The molecule has 2 fully saturated rings. The minimum atomic E-state index is -0.139. The molecular formula is C17H28ClN3O2. The maximum absolute atomic E-state index is 12.5. The van der Waals surface area contributed by atoms with E-state index in [-0.39, 0.29) is 29.8 Å². The fourth-order valence-corrected chi connectivity index (χ4v) is 3.99. The molecule has 1 amide bonds. The van der Waals surface area contributed by atoms with Gasteiger partial charge in [0.15, 0.2) is 5.69 Å². The molecule has 1 aromatic rings. The summed E-state index contributed by atoms with van der Waals surface area (Å²) in [6, 6.07) is 2.30. The zero-order valence-corrected chi connectivity index (χ0v) is 15.0. The largest absolute Gasteiger partial charge is 0.360 e. The van der Waals surface area contributed by atoms with Crippen LogP contribution in [0.2, 0.25) is 0 Å². The molecule has 0 spiro atoms. The summed E-state index contributed by atoms with van der Waals surface area (Å²) in [6.07, 6.45) is 5.63. The number of rotatable bonds is 2. The van der Waals surface area contributed by atoms with Gasteiger partial charge in [0, 0.05) is 23.6 Å². The number of carbonyl (C=O) groups is 1. The van der Waals surface area contributed by atoms with Gasteiger partial charge in [-0.25, -0.2) is 0 Å². The number of carbonyl (C=O) groups excluding carboxylic acids is 1. The number of amides is 1. The fourth-order valence-electron chi connectivity index (χ4n) is 3.99. The van der Waals surface area contributed by atoms with E-state index in [0.29, 0.717) is 23.6 Å². The molecule has 0 radical (unpaired) electrons. The Balaban J connectivity index is 0.00000192.